The molecule has 31 heavy (non-hydrogen) atoms. The third-order valence-electron chi connectivity index (χ3n) is 4.36. The number of amides is 4. The van der Waals surface area contributed by atoms with Crippen molar-refractivity contribution in [2.45, 2.75) is 58.2 Å². The van der Waals surface area contributed by atoms with Gasteiger partial charge in [-0.2, -0.15) is 0 Å². The first-order chi connectivity index (χ1) is 14.5. The van der Waals surface area contributed by atoms with E-state index in [-0.39, 0.29) is 12.3 Å². The Morgan fingerprint density at radius 3 is 1.94 bits per heavy atom. The first kappa shape index (κ1) is 25.6. The van der Waals surface area contributed by atoms with Gasteiger partial charge in [0.1, 0.15) is 18.1 Å². The van der Waals surface area contributed by atoms with Crippen LogP contribution in [-0.2, 0) is 30.4 Å². The zero-order valence-corrected chi connectivity index (χ0v) is 17.9. The van der Waals surface area contributed by atoms with E-state index in [1.807, 2.05) is 13.8 Å². The minimum absolute atomic E-state index is 0.0830. The molecule has 170 valence electrons. The van der Waals surface area contributed by atoms with Gasteiger partial charge >= 0.3 is 5.97 Å². The predicted octanol–water partition coefficient (Wildman–Crippen LogP) is -0.290. The van der Waals surface area contributed by atoms with Gasteiger partial charge in [-0.25, -0.2) is 0 Å². The monoisotopic (exact) mass is 434 g/mol. The average Bonchev–Trinajstić information content (AvgIpc) is 2.65. The zero-order valence-electron chi connectivity index (χ0n) is 17.9. The standard InChI is InChI=1S/C21H30N4O6/c1-12(2)9-15(19(22)29)24-20(30)16(10-14-7-5-4-6-8-14)25-21(31)17(11-18(27)28)23-13(3)26/h4-8,12,15-17H,9-11H2,1-3H3,(H2,22,29)(H,23,26)(H,24,30)(H,25,31)(H,27,28)/t15-,16-,17-/m0/s1. The largest absolute Gasteiger partial charge is 0.481 e. The van der Waals surface area contributed by atoms with Gasteiger partial charge in [-0.1, -0.05) is 44.2 Å². The summed E-state index contributed by atoms with van der Waals surface area (Å²) in [4.78, 5) is 59.7. The van der Waals surface area contributed by atoms with Crippen molar-refractivity contribution in [3.8, 4) is 0 Å². The van der Waals surface area contributed by atoms with Crippen LogP contribution >= 0.6 is 0 Å². The Kier molecular flexibility index (Phi) is 10.2. The Balaban J connectivity index is 3.07. The molecule has 1 rings (SSSR count). The number of benzene rings is 1. The summed E-state index contributed by atoms with van der Waals surface area (Å²) in [6.07, 6.45) is -0.242. The molecule has 0 saturated carbocycles. The molecule has 0 radical (unpaired) electrons. The molecule has 1 aromatic rings. The average molecular weight is 434 g/mol. The second-order valence-corrected chi connectivity index (χ2v) is 7.69. The fourth-order valence-electron chi connectivity index (χ4n) is 2.95. The second kappa shape index (κ2) is 12.3. The van der Waals surface area contributed by atoms with E-state index in [1.54, 1.807) is 30.3 Å². The number of carbonyl (C=O) groups excluding carboxylic acids is 4. The Bertz CT molecular complexity index is 780. The molecule has 0 heterocycles. The first-order valence-electron chi connectivity index (χ1n) is 9.92. The van der Waals surface area contributed by atoms with E-state index in [1.165, 1.54) is 0 Å². The summed E-state index contributed by atoms with van der Waals surface area (Å²) >= 11 is 0. The number of carboxylic acids is 1. The van der Waals surface area contributed by atoms with Crippen molar-refractivity contribution >= 4 is 29.6 Å². The number of hydrogen-bond donors (Lipinski definition) is 5. The van der Waals surface area contributed by atoms with Crippen molar-refractivity contribution in [1.82, 2.24) is 16.0 Å². The van der Waals surface area contributed by atoms with E-state index >= 15 is 0 Å². The number of aliphatic carboxylic acids is 1. The van der Waals surface area contributed by atoms with Gasteiger partial charge in [0.15, 0.2) is 0 Å². The molecule has 0 saturated heterocycles. The smallest absolute Gasteiger partial charge is 0.305 e. The first-order valence-corrected chi connectivity index (χ1v) is 9.92. The molecule has 3 atom stereocenters. The molecule has 0 unspecified atom stereocenters. The number of primary amides is 1. The molecule has 0 aliphatic heterocycles. The molecule has 0 fully saturated rings. The zero-order chi connectivity index (χ0) is 23.6. The van der Waals surface area contributed by atoms with Gasteiger partial charge in [-0.15, -0.1) is 0 Å². The van der Waals surface area contributed by atoms with Crippen molar-refractivity contribution < 1.29 is 29.1 Å². The summed E-state index contributed by atoms with van der Waals surface area (Å²) in [5, 5.41) is 16.3. The maximum Gasteiger partial charge on any atom is 0.305 e. The lowest BCUT2D eigenvalue weighted by Crippen LogP contribution is -2.57. The summed E-state index contributed by atoms with van der Waals surface area (Å²) in [5.74, 6) is -3.96. The predicted molar refractivity (Wildman–Crippen MR) is 113 cm³/mol. The van der Waals surface area contributed by atoms with Gasteiger partial charge in [0.2, 0.25) is 23.6 Å². The van der Waals surface area contributed by atoms with Crippen LogP contribution in [0.25, 0.3) is 0 Å². The molecule has 0 aliphatic rings. The molecule has 0 bridgehead atoms. The van der Waals surface area contributed by atoms with E-state index in [0.717, 1.165) is 12.5 Å². The van der Waals surface area contributed by atoms with Crippen molar-refractivity contribution in [2.24, 2.45) is 11.7 Å². The van der Waals surface area contributed by atoms with Crippen molar-refractivity contribution in [1.29, 1.82) is 0 Å². The Hall–Kier alpha value is -3.43. The molecular formula is C21H30N4O6. The van der Waals surface area contributed by atoms with E-state index in [0.29, 0.717) is 6.42 Å². The van der Waals surface area contributed by atoms with Crippen molar-refractivity contribution in [2.75, 3.05) is 0 Å². The highest BCUT2D eigenvalue weighted by molar-refractivity contribution is 5.95. The van der Waals surface area contributed by atoms with Gasteiger partial charge in [0.05, 0.1) is 6.42 Å². The summed E-state index contributed by atoms with van der Waals surface area (Å²) < 4.78 is 0. The lowest BCUT2D eigenvalue weighted by Gasteiger charge is -2.25. The van der Waals surface area contributed by atoms with Crippen LogP contribution in [0.4, 0.5) is 0 Å². The topological polar surface area (TPSA) is 168 Å². The highest BCUT2D eigenvalue weighted by atomic mass is 16.4. The van der Waals surface area contributed by atoms with Crippen LogP contribution in [0.2, 0.25) is 0 Å². The van der Waals surface area contributed by atoms with Gasteiger partial charge in [0, 0.05) is 13.3 Å². The number of hydrogen-bond acceptors (Lipinski definition) is 5. The fraction of sp³-hybridized carbons (Fsp3) is 0.476. The third kappa shape index (κ3) is 9.75. The second-order valence-electron chi connectivity index (χ2n) is 7.69. The van der Waals surface area contributed by atoms with Crippen LogP contribution in [0.15, 0.2) is 30.3 Å². The van der Waals surface area contributed by atoms with Crippen LogP contribution in [0, 0.1) is 5.92 Å². The minimum atomic E-state index is -1.36. The lowest BCUT2D eigenvalue weighted by molar-refractivity contribution is -0.141. The van der Waals surface area contributed by atoms with Gasteiger partial charge in [-0.05, 0) is 17.9 Å². The lowest BCUT2D eigenvalue weighted by atomic mass is 10.0. The maximum absolute atomic E-state index is 12.9. The summed E-state index contributed by atoms with van der Waals surface area (Å²) in [7, 11) is 0. The Morgan fingerprint density at radius 1 is 0.903 bits per heavy atom. The summed E-state index contributed by atoms with van der Waals surface area (Å²) in [5.41, 5.74) is 6.12. The quantitative estimate of drug-likeness (QED) is 0.303. The van der Waals surface area contributed by atoms with Crippen LogP contribution in [-0.4, -0.2) is 52.8 Å². The van der Waals surface area contributed by atoms with Gasteiger partial charge in [-0.3, -0.25) is 24.0 Å². The molecule has 10 heteroatoms. The minimum Gasteiger partial charge on any atom is -0.481 e. The Labute approximate surface area is 180 Å². The van der Waals surface area contributed by atoms with Crippen LogP contribution < -0.4 is 21.7 Å². The van der Waals surface area contributed by atoms with E-state index < -0.39 is 54.1 Å². The van der Waals surface area contributed by atoms with Crippen molar-refractivity contribution in [3.05, 3.63) is 35.9 Å². The van der Waals surface area contributed by atoms with Crippen LogP contribution in [0.3, 0.4) is 0 Å². The molecule has 6 N–H and O–H groups in total. The Morgan fingerprint density at radius 2 is 1.45 bits per heavy atom. The van der Waals surface area contributed by atoms with Gasteiger partial charge in [0.25, 0.3) is 0 Å². The normalized spacial score (nSPS) is 13.5. The molecular weight excluding hydrogens is 404 g/mol. The highest BCUT2D eigenvalue weighted by Gasteiger charge is 2.30. The number of rotatable bonds is 12. The van der Waals surface area contributed by atoms with Gasteiger partial charge < -0.3 is 26.8 Å². The summed E-state index contributed by atoms with van der Waals surface area (Å²) in [6, 6.07) is 5.44. The number of nitrogens with two attached hydrogens (primary N) is 1. The number of nitrogens with one attached hydrogen (secondary N) is 3. The third-order valence-corrected chi connectivity index (χ3v) is 4.36. The highest BCUT2D eigenvalue weighted by Crippen LogP contribution is 2.08. The molecule has 0 aromatic heterocycles. The van der Waals surface area contributed by atoms with Crippen LogP contribution in [0.5, 0.6) is 0 Å². The molecule has 0 spiro atoms. The fourth-order valence-corrected chi connectivity index (χ4v) is 2.95. The SMILES string of the molecule is CC(=O)N[C@@H](CC(=O)O)C(=O)N[C@@H](Cc1ccccc1)C(=O)N[C@@H](CC(C)C)C(N)=O. The van der Waals surface area contributed by atoms with Crippen LogP contribution in [0.1, 0.15) is 39.2 Å². The molecule has 1 aromatic carbocycles. The van der Waals surface area contributed by atoms with E-state index in [4.69, 9.17) is 10.8 Å². The maximum atomic E-state index is 12.9. The number of carboxylic acid groups (broad SMARTS) is 1. The van der Waals surface area contributed by atoms with Crippen molar-refractivity contribution in [3.63, 3.8) is 0 Å². The summed E-state index contributed by atoms with van der Waals surface area (Å²) in [6.45, 7) is 4.89. The molecule has 0 aliphatic carbocycles. The van der Waals surface area contributed by atoms with E-state index in [2.05, 4.69) is 16.0 Å². The van der Waals surface area contributed by atoms with E-state index in [9.17, 15) is 24.0 Å². The molecule has 10 nitrogen and oxygen atoms in total. The molecule has 4 amide bonds. The number of carbonyl (C=O) groups is 5.